The minimum atomic E-state index is 0.00199. The third-order valence-corrected chi connectivity index (χ3v) is 3.67. The third kappa shape index (κ3) is 2.60. The Morgan fingerprint density at radius 1 is 1.47 bits per heavy atom. The monoisotopic (exact) mass is 252 g/mol. The predicted octanol–water partition coefficient (Wildman–Crippen LogP) is 3.00. The van der Waals surface area contributed by atoms with E-state index in [1.807, 2.05) is 4.90 Å². The Balaban J connectivity index is 2.22. The van der Waals surface area contributed by atoms with Gasteiger partial charge in [-0.05, 0) is 37.8 Å². The molecule has 4 heteroatoms. The number of carbonyl (C=O) groups excluding carboxylic acids is 1. The fourth-order valence-corrected chi connectivity index (χ4v) is 2.47. The molecule has 0 aliphatic carbocycles. The van der Waals surface area contributed by atoms with Crippen LogP contribution in [-0.4, -0.2) is 28.4 Å². The summed E-state index contributed by atoms with van der Waals surface area (Å²) < 4.78 is 0. The number of carbonyl (C=O) groups is 1. The summed E-state index contributed by atoms with van der Waals surface area (Å²) in [6.45, 7) is 5.08. The van der Waals surface area contributed by atoms with Crippen molar-refractivity contribution >= 4 is 17.5 Å². The minimum absolute atomic E-state index is 0.00199. The van der Waals surface area contributed by atoms with Gasteiger partial charge >= 0.3 is 0 Å². The Hall–Kier alpha value is -1.09. The molecule has 1 saturated heterocycles. The molecule has 0 radical (unpaired) electrons. The van der Waals surface area contributed by atoms with Crippen LogP contribution in [0.4, 0.5) is 0 Å². The molecule has 1 fully saturated rings. The second kappa shape index (κ2) is 5.05. The first kappa shape index (κ1) is 12.4. The van der Waals surface area contributed by atoms with Crippen LogP contribution in [0.3, 0.4) is 0 Å². The highest BCUT2D eigenvalue weighted by Gasteiger charge is 2.28. The molecule has 0 aromatic carbocycles. The van der Waals surface area contributed by atoms with Gasteiger partial charge in [0.15, 0.2) is 0 Å². The molecule has 2 unspecified atom stereocenters. The topological polar surface area (TPSA) is 33.2 Å². The van der Waals surface area contributed by atoms with Crippen LogP contribution in [0.5, 0.6) is 0 Å². The first-order chi connectivity index (χ1) is 8.09. The van der Waals surface area contributed by atoms with Gasteiger partial charge in [-0.3, -0.25) is 4.79 Å². The Morgan fingerprint density at radius 3 is 2.94 bits per heavy atom. The van der Waals surface area contributed by atoms with E-state index in [9.17, 15) is 4.79 Å². The second-order valence-electron chi connectivity index (χ2n) is 4.83. The number of halogens is 1. The van der Waals surface area contributed by atoms with Gasteiger partial charge in [-0.15, -0.1) is 0 Å². The van der Waals surface area contributed by atoms with E-state index in [4.69, 9.17) is 11.6 Å². The quantitative estimate of drug-likeness (QED) is 0.720. The lowest BCUT2D eigenvalue weighted by molar-refractivity contribution is 0.0574. The van der Waals surface area contributed by atoms with Crippen molar-refractivity contribution in [2.45, 2.75) is 32.7 Å². The van der Waals surface area contributed by atoms with E-state index < -0.39 is 0 Å². The van der Waals surface area contributed by atoms with Crippen LogP contribution in [0.25, 0.3) is 0 Å². The molecule has 0 N–H and O–H groups in total. The van der Waals surface area contributed by atoms with Crippen LogP contribution in [0.2, 0.25) is 5.15 Å². The van der Waals surface area contributed by atoms with Crippen molar-refractivity contribution in [1.29, 1.82) is 0 Å². The van der Waals surface area contributed by atoms with Gasteiger partial charge in [0.1, 0.15) is 5.15 Å². The van der Waals surface area contributed by atoms with Crippen molar-refractivity contribution in [2.24, 2.45) is 5.92 Å². The molecule has 0 bridgehead atoms. The number of piperidine rings is 1. The van der Waals surface area contributed by atoms with E-state index in [1.54, 1.807) is 18.3 Å². The fraction of sp³-hybridized carbons (Fsp3) is 0.538. The van der Waals surface area contributed by atoms with E-state index in [0.717, 1.165) is 13.0 Å². The van der Waals surface area contributed by atoms with Crippen LogP contribution >= 0.6 is 11.6 Å². The Kier molecular flexibility index (Phi) is 3.67. The van der Waals surface area contributed by atoms with Crippen LogP contribution < -0.4 is 0 Å². The van der Waals surface area contributed by atoms with Crippen molar-refractivity contribution in [3.63, 3.8) is 0 Å². The van der Waals surface area contributed by atoms with Crippen LogP contribution in [0, 0.1) is 5.92 Å². The van der Waals surface area contributed by atoms with E-state index in [1.165, 1.54) is 6.42 Å². The SMILES string of the molecule is CC1CCC(C)N(C(=O)c2cccnc2Cl)C1. The molecule has 3 nitrogen and oxygen atoms in total. The number of hydrogen-bond acceptors (Lipinski definition) is 2. The van der Waals surface area contributed by atoms with Crippen LogP contribution in [0.1, 0.15) is 37.0 Å². The van der Waals surface area contributed by atoms with Gasteiger partial charge in [0, 0.05) is 18.8 Å². The lowest BCUT2D eigenvalue weighted by Gasteiger charge is -2.36. The largest absolute Gasteiger partial charge is 0.336 e. The van der Waals surface area contributed by atoms with E-state index in [-0.39, 0.29) is 11.9 Å². The summed E-state index contributed by atoms with van der Waals surface area (Å²) in [7, 11) is 0. The molecule has 1 aromatic heterocycles. The van der Waals surface area contributed by atoms with Crippen molar-refractivity contribution in [2.75, 3.05) is 6.54 Å². The molecule has 92 valence electrons. The Bertz CT molecular complexity index is 422. The molecule has 1 aliphatic heterocycles. The molecule has 2 rings (SSSR count). The van der Waals surface area contributed by atoms with Crippen LogP contribution in [0.15, 0.2) is 18.3 Å². The highest BCUT2D eigenvalue weighted by atomic mass is 35.5. The number of likely N-dealkylation sites (tertiary alicyclic amines) is 1. The van der Waals surface area contributed by atoms with Gasteiger partial charge in [0.2, 0.25) is 0 Å². The molecule has 2 heterocycles. The van der Waals surface area contributed by atoms with Gasteiger partial charge in [0.25, 0.3) is 5.91 Å². The standard InChI is InChI=1S/C13H17ClN2O/c1-9-5-6-10(2)16(8-9)13(17)11-4-3-7-15-12(11)14/h3-4,7,9-10H,5-6,8H2,1-2H3. The van der Waals surface area contributed by atoms with E-state index >= 15 is 0 Å². The number of nitrogens with zero attached hydrogens (tertiary/aromatic N) is 2. The maximum absolute atomic E-state index is 12.4. The molecular weight excluding hydrogens is 236 g/mol. The van der Waals surface area contributed by atoms with Crippen molar-refractivity contribution in [3.05, 3.63) is 29.0 Å². The normalized spacial score (nSPS) is 24.8. The predicted molar refractivity (Wildman–Crippen MR) is 68.1 cm³/mol. The Morgan fingerprint density at radius 2 is 2.24 bits per heavy atom. The average Bonchev–Trinajstić information content (AvgIpc) is 2.32. The lowest BCUT2D eigenvalue weighted by Crippen LogP contribution is -2.45. The van der Waals surface area contributed by atoms with E-state index in [0.29, 0.717) is 16.6 Å². The van der Waals surface area contributed by atoms with Gasteiger partial charge in [-0.25, -0.2) is 4.98 Å². The maximum Gasteiger partial charge on any atom is 0.257 e. The molecular formula is C13H17ClN2O. The number of hydrogen-bond donors (Lipinski definition) is 0. The second-order valence-corrected chi connectivity index (χ2v) is 5.19. The fourth-order valence-electron chi connectivity index (χ4n) is 2.27. The first-order valence-corrected chi connectivity index (χ1v) is 6.39. The molecule has 0 saturated carbocycles. The summed E-state index contributed by atoms with van der Waals surface area (Å²) >= 11 is 5.96. The Labute approximate surface area is 107 Å². The van der Waals surface area contributed by atoms with Gasteiger partial charge < -0.3 is 4.90 Å². The summed E-state index contributed by atoms with van der Waals surface area (Å²) in [6.07, 6.45) is 3.85. The lowest BCUT2D eigenvalue weighted by atomic mass is 9.94. The summed E-state index contributed by atoms with van der Waals surface area (Å²) in [5.74, 6) is 0.563. The number of amides is 1. The zero-order valence-corrected chi connectivity index (χ0v) is 10.9. The minimum Gasteiger partial charge on any atom is -0.336 e. The zero-order valence-electron chi connectivity index (χ0n) is 10.2. The molecule has 2 atom stereocenters. The summed E-state index contributed by atoms with van der Waals surface area (Å²) in [4.78, 5) is 18.2. The summed E-state index contributed by atoms with van der Waals surface area (Å²) in [5.41, 5.74) is 0.509. The van der Waals surface area contributed by atoms with Crippen molar-refractivity contribution in [3.8, 4) is 0 Å². The summed E-state index contributed by atoms with van der Waals surface area (Å²) in [5, 5.41) is 0.294. The van der Waals surface area contributed by atoms with Crippen molar-refractivity contribution in [1.82, 2.24) is 9.88 Å². The van der Waals surface area contributed by atoms with E-state index in [2.05, 4.69) is 18.8 Å². The molecule has 17 heavy (non-hydrogen) atoms. The number of pyridine rings is 1. The molecule has 0 spiro atoms. The summed E-state index contributed by atoms with van der Waals surface area (Å²) in [6, 6.07) is 3.77. The van der Waals surface area contributed by atoms with Crippen molar-refractivity contribution < 1.29 is 4.79 Å². The number of aromatic nitrogens is 1. The highest BCUT2D eigenvalue weighted by Crippen LogP contribution is 2.24. The smallest absolute Gasteiger partial charge is 0.257 e. The van der Waals surface area contributed by atoms with Gasteiger partial charge in [-0.2, -0.15) is 0 Å². The van der Waals surface area contributed by atoms with Crippen LogP contribution in [-0.2, 0) is 0 Å². The van der Waals surface area contributed by atoms with Gasteiger partial charge in [-0.1, -0.05) is 18.5 Å². The van der Waals surface area contributed by atoms with Gasteiger partial charge in [0.05, 0.1) is 5.56 Å². The zero-order chi connectivity index (χ0) is 12.4. The molecule has 1 aromatic rings. The maximum atomic E-state index is 12.4. The number of rotatable bonds is 1. The average molecular weight is 253 g/mol. The molecule has 1 aliphatic rings. The molecule has 1 amide bonds. The highest BCUT2D eigenvalue weighted by molar-refractivity contribution is 6.32. The first-order valence-electron chi connectivity index (χ1n) is 6.01. The third-order valence-electron chi connectivity index (χ3n) is 3.37.